The molecule has 280 valence electrons. The molecule has 14 nitrogen and oxygen atoms in total. The summed E-state index contributed by atoms with van der Waals surface area (Å²) in [4.78, 5) is 69.5. The molecule has 54 heavy (non-hydrogen) atoms. The molecule has 0 saturated carbocycles. The van der Waals surface area contributed by atoms with E-state index < -0.39 is 56.1 Å². The third-order valence-electron chi connectivity index (χ3n) is 9.18. The Morgan fingerprint density at radius 2 is 1.13 bits per heavy atom. The average molecular weight is 753 g/mol. The molecule has 0 aliphatic carbocycles. The van der Waals surface area contributed by atoms with Crippen LogP contribution in [0.1, 0.15) is 46.4 Å². The molecule has 0 aromatic heterocycles. The highest BCUT2D eigenvalue weighted by Gasteiger charge is 2.49. The van der Waals surface area contributed by atoms with Crippen LogP contribution in [0.4, 0.5) is 11.4 Å². The number of hydrogen-bond acceptors (Lipinski definition) is 11. The molecule has 2 atom stereocenters. The first-order chi connectivity index (χ1) is 26.1. The van der Waals surface area contributed by atoms with E-state index in [9.17, 15) is 24.0 Å². The number of nitrogens with zero attached hydrogens (tertiary/aromatic N) is 3. The van der Waals surface area contributed by atoms with E-state index in [4.69, 9.17) is 20.5 Å². The Bertz CT molecular complexity index is 1900. The number of nitrogens with one attached hydrogen (secondary N) is 1. The molecule has 6 rings (SSSR count). The fraction of sp³-hybridized carbons (Fsp3) is 0.256. The van der Waals surface area contributed by atoms with E-state index in [0.29, 0.717) is 32.4 Å². The molecule has 2 fully saturated rings. The number of likely N-dealkylation sites (tertiary alicyclic amines) is 1. The van der Waals surface area contributed by atoms with Gasteiger partial charge in [0.15, 0.2) is 5.78 Å². The van der Waals surface area contributed by atoms with Gasteiger partial charge in [-0.15, -0.1) is 0 Å². The lowest BCUT2D eigenvalue weighted by molar-refractivity contribution is -0.133. The summed E-state index contributed by atoms with van der Waals surface area (Å²) in [5.74, 6) is -3.36. The largest absolute Gasteiger partial charge is 0.453 e. The zero-order valence-electron chi connectivity index (χ0n) is 29.4. The third kappa shape index (κ3) is 8.27. The highest BCUT2D eigenvalue weighted by atomic mass is 31.2. The minimum absolute atomic E-state index is 0.0949. The van der Waals surface area contributed by atoms with Crippen molar-refractivity contribution in [2.24, 2.45) is 11.5 Å². The van der Waals surface area contributed by atoms with Crippen molar-refractivity contribution in [3.63, 3.8) is 0 Å². The highest BCUT2D eigenvalue weighted by molar-refractivity contribution is 7.55. The molecule has 2 aliphatic rings. The summed E-state index contributed by atoms with van der Waals surface area (Å²) in [5.41, 5.74) is 12.3. The van der Waals surface area contributed by atoms with Crippen LogP contribution in [0.2, 0.25) is 0 Å². The van der Waals surface area contributed by atoms with Crippen LogP contribution in [0.3, 0.4) is 0 Å². The molecule has 2 saturated heterocycles. The Labute approximate surface area is 312 Å². The van der Waals surface area contributed by atoms with Gasteiger partial charge in [-0.3, -0.25) is 24.0 Å². The fourth-order valence-corrected chi connectivity index (χ4v) is 8.71. The molecule has 0 spiro atoms. The normalized spacial score (nSPS) is 16.7. The Morgan fingerprint density at radius 3 is 1.54 bits per heavy atom. The maximum Gasteiger partial charge on any atom is 0.453 e. The maximum atomic E-state index is 15.1. The second kappa shape index (κ2) is 17.0. The number of imide groups is 2. The lowest BCUT2D eigenvalue weighted by Crippen LogP contribution is -2.46. The predicted molar refractivity (Wildman–Crippen MR) is 202 cm³/mol. The quantitative estimate of drug-likeness (QED) is 0.175. The van der Waals surface area contributed by atoms with Crippen molar-refractivity contribution in [1.82, 2.24) is 10.2 Å². The van der Waals surface area contributed by atoms with Gasteiger partial charge < -0.3 is 30.7 Å². The van der Waals surface area contributed by atoms with E-state index in [1.807, 2.05) is 0 Å². The second-order valence-electron chi connectivity index (χ2n) is 12.7. The number of carbonyl (C=O) groups excluding carboxylic acids is 5. The smallest absolute Gasteiger partial charge is 0.415 e. The van der Waals surface area contributed by atoms with Gasteiger partial charge in [-0.1, -0.05) is 36.4 Å². The molecular formula is C39H41N6O8P. The number of nitrogens with two attached hydrogens (primary N) is 2. The van der Waals surface area contributed by atoms with Crippen molar-refractivity contribution >= 4 is 48.5 Å². The Kier molecular flexibility index (Phi) is 12.0. The van der Waals surface area contributed by atoms with E-state index in [0.717, 1.165) is 16.2 Å². The number of amides is 5. The van der Waals surface area contributed by atoms with Gasteiger partial charge in [0, 0.05) is 17.7 Å². The van der Waals surface area contributed by atoms with Crippen molar-refractivity contribution in [2.75, 3.05) is 36.0 Å². The summed E-state index contributed by atoms with van der Waals surface area (Å²) in [6, 6.07) is 27.8. The van der Waals surface area contributed by atoms with Crippen LogP contribution in [0.15, 0.2) is 109 Å². The van der Waals surface area contributed by atoms with Crippen LogP contribution in [0, 0.1) is 0 Å². The molecule has 0 unspecified atom stereocenters. The molecular weight excluding hydrogens is 711 g/mol. The third-order valence-corrected chi connectivity index (χ3v) is 11.4. The molecule has 2 aliphatic heterocycles. The Balaban J connectivity index is 1.30. The first kappa shape index (κ1) is 38.1. The van der Waals surface area contributed by atoms with E-state index in [1.54, 1.807) is 65.6 Å². The number of hydrogen-bond donors (Lipinski definition) is 3. The minimum Gasteiger partial charge on any atom is -0.415 e. The lowest BCUT2D eigenvalue weighted by atomic mass is 10.1. The van der Waals surface area contributed by atoms with Gasteiger partial charge in [-0.2, -0.15) is 0 Å². The van der Waals surface area contributed by atoms with Gasteiger partial charge in [0.05, 0.1) is 30.5 Å². The van der Waals surface area contributed by atoms with Gasteiger partial charge in [-0.25, -0.2) is 14.4 Å². The number of carbonyl (C=O) groups is 5. The van der Waals surface area contributed by atoms with Gasteiger partial charge in [0.25, 0.3) is 11.8 Å². The van der Waals surface area contributed by atoms with Crippen molar-refractivity contribution < 1.29 is 37.6 Å². The zero-order chi connectivity index (χ0) is 38.2. The van der Waals surface area contributed by atoms with Crippen LogP contribution >= 0.6 is 7.60 Å². The Morgan fingerprint density at radius 1 is 0.667 bits per heavy atom. The molecule has 0 bridgehead atoms. The van der Waals surface area contributed by atoms with E-state index in [-0.39, 0.29) is 39.9 Å². The first-order valence-electron chi connectivity index (χ1n) is 17.6. The molecule has 2 heterocycles. The number of benzene rings is 4. The van der Waals surface area contributed by atoms with Crippen LogP contribution in [-0.4, -0.2) is 72.4 Å². The van der Waals surface area contributed by atoms with Gasteiger partial charge in [0.1, 0.15) is 11.5 Å². The fourth-order valence-electron chi connectivity index (χ4n) is 6.53. The van der Waals surface area contributed by atoms with E-state index in [1.165, 1.54) is 48.5 Å². The summed E-state index contributed by atoms with van der Waals surface area (Å²) < 4.78 is 27.5. The molecule has 0 radical (unpaired) electrons. The summed E-state index contributed by atoms with van der Waals surface area (Å²) in [7, 11) is -4.28. The van der Waals surface area contributed by atoms with E-state index >= 15 is 4.57 Å². The van der Waals surface area contributed by atoms with Crippen LogP contribution in [0.5, 0.6) is 11.5 Å². The van der Waals surface area contributed by atoms with Crippen molar-refractivity contribution in [3.8, 4) is 11.5 Å². The maximum absolute atomic E-state index is 15.1. The topological polar surface area (TPSA) is 195 Å². The summed E-state index contributed by atoms with van der Waals surface area (Å²) in [6.45, 7) is 0.216. The van der Waals surface area contributed by atoms with Crippen LogP contribution < -0.4 is 35.6 Å². The lowest BCUT2D eigenvalue weighted by Gasteiger charge is -2.32. The summed E-state index contributed by atoms with van der Waals surface area (Å²) >= 11 is 0. The van der Waals surface area contributed by atoms with Gasteiger partial charge in [-0.05, 0) is 105 Å². The summed E-state index contributed by atoms with van der Waals surface area (Å²) in [6.07, 6.45) is 2.38. The van der Waals surface area contributed by atoms with Gasteiger partial charge in [0.2, 0.25) is 17.7 Å². The van der Waals surface area contributed by atoms with Crippen molar-refractivity contribution in [2.45, 2.75) is 37.5 Å². The standard InChI is InChI=1S/C39H41N6O8P/c40-25-34(46)44(37(48)27-9-3-1-4-10-27)29-15-19-31(20-16-29)52-54(51,36-14-8-24-43(36)39(50)33-13-7-23-42-33)53-32-21-17-30(18-22-32)45(35(47)26-41)38(49)28-11-5-2-6-12-28/h1-6,9-12,15-22,33,36,42H,7-8,13-14,23-26,40-41H2/t33-,36+/m0/s1. The summed E-state index contributed by atoms with van der Waals surface area (Å²) in [5, 5.41) is 3.21. The minimum atomic E-state index is -4.28. The number of rotatable bonds is 12. The van der Waals surface area contributed by atoms with Gasteiger partial charge >= 0.3 is 7.60 Å². The Hall–Kier alpha value is -5.66. The van der Waals surface area contributed by atoms with Crippen LogP contribution in [0.25, 0.3) is 0 Å². The first-order valence-corrected chi connectivity index (χ1v) is 19.2. The zero-order valence-corrected chi connectivity index (χ0v) is 30.3. The molecule has 5 N–H and O–H groups in total. The molecule has 5 amide bonds. The molecule has 4 aromatic carbocycles. The molecule has 4 aromatic rings. The van der Waals surface area contributed by atoms with E-state index in [2.05, 4.69) is 5.32 Å². The van der Waals surface area contributed by atoms with Crippen molar-refractivity contribution in [3.05, 3.63) is 120 Å². The number of anilines is 2. The highest BCUT2D eigenvalue weighted by Crippen LogP contribution is 2.57. The van der Waals surface area contributed by atoms with Crippen molar-refractivity contribution in [1.29, 1.82) is 0 Å². The SMILES string of the molecule is NCC(=O)N(C(=O)c1ccccc1)c1ccc(OP(=O)(Oc2ccc(N(C(=O)CN)C(=O)c3ccccc3)cc2)[C@@H]2CCCN2C(=O)[C@@H]2CCCN2)cc1. The predicted octanol–water partition coefficient (Wildman–Crippen LogP) is 4.30. The van der Waals surface area contributed by atoms with Crippen LogP contribution in [-0.2, 0) is 18.9 Å². The molecule has 15 heteroatoms. The average Bonchev–Trinajstić information content (AvgIpc) is 3.94. The second-order valence-corrected chi connectivity index (χ2v) is 14.8. The monoisotopic (exact) mass is 752 g/mol.